The number of nitrogens with one attached hydrogen (secondary N) is 1. The number of benzene rings is 1. The van der Waals surface area contributed by atoms with Crippen LogP contribution in [0.25, 0.3) is 0 Å². The van der Waals surface area contributed by atoms with Gasteiger partial charge in [-0.2, -0.15) is 0 Å². The van der Waals surface area contributed by atoms with Gasteiger partial charge in [-0.05, 0) is 36.5 Å². The summed E-state index contributed by atoms with van der Waals surface area (Å²) < 4.78 is 5.94. The molecule has 1 aromatic rings. The molecule has 0 saturated carbocycles. The lowest BCUT2D eigenvalue weighted by Gasteiger charge is -2.38. The van der Waals surface area contributed by atoms with Gasteiger partial charge in [-0.25, -0.2) is 0 Å². The van der Waals surface area contributed by atoms with Crippen LogP contribution in [0.3, 0.4) is 0 Å². The fourth-order valence-corrected chi connectivity index (χ4v) is 4.02. The first-order valence-electron chi connectivity index (χ1n) is 10.2. The van der Waals surface area contributed by atoms with Crippen molar-refractivity contribution in [3.63, 3.8) is 0 Å². The van der Waals surface area contributed by atoms with E-state index in [0.29, 0.717) is 6.61 Å². The van der Waals surface area contributed by atoms with Crippen LogP contribution in [0, 0.1) is 0 Å². The van der Waals surface area contributed by atoms with Gasteiger partial charge in [0.25, 0.3) is 0 Å². The third kappa shape index (κ3) is 7.03. The van der Waals surface area contributed by atoms with Crippen molar-refractivity contribution in [1.29, 1.82) is 0 Å². The first-order valence-corrected chi connectivity index (χ1v) is 13.9. The molecular formula is C22H38BrNO2Si. The van der Waals surface area contributed by atoms with Crippen molar-refractivity contribution in [1.82, 2.24) is 5.32 Å². The summed E-state index contributed by atoms with van der Waals surface area (Å²) in [6, 6.07) is 10.0. The molecule has 3 nitrogen and oxygen atoms in total. The summed E-state index contributed by atoms with van der Waals surface area (Å²) in [6.07, 6.45) is 3.72. The minimum atomic E-state index is -1.89. The number of carbonyl (C=O) groups excluding carboxylic acids is 1. The Balaban J connectivity index is 2.98. The van der Waals surface area contributed by atoms with E-state index in [0.717, 1.165) is 31.2 Å². The summed E-state index contributed by atoms with van der Waals surface area (Å²) in [4.78, 5) is 13.1. The van der Waals surface area contributed by atoms with Crippen molar-refractivity contribution in [3.8, 4) is 0 Å². The molecule has 1 N–H and O–H groups in total. The zero-order valence-electron chi connectivity index (χ0n) is 18.2. The summed E-state index contributed by atoms with van der Waals surface area (Å²) in [5, 5.41) is 3.41. The van der Waals surface area contributed by atoms with Crippen molar-refractivity contribution < 1.29 is 9.22 Å². The van der Waals surface area contributed by atoms with Crippen LogP contribution in [0.5, 0.6) is 0 Å². The van der Waals surface area contributed by atoms with Crippen LogP contribution in [0.2, 0.25) is 18.1 Å². The smallest absolute Gasteiger partial charge is 0.237 e. The molecule has 0 unspecified atom stereocenters. The van der Waals surface area contributed by atoms with Gasteiger partial charge in [-0.1, -0.05) is 93.7 Å². The summed E-state index contributed by atoms with van der Waals surface area (Å²) >= 11 is 3.73. The average Bonchev–Trinajstić information content (AvgIpc) is 2.62. The van der Waals surface area contributed by atoms with Crippen LogP contribution in [-0.4, -0.2) is 25.2 Å². The summed E-state index contributed by atoms with van der Waals surface area (Å²) in [5.74, 6) is 0.0612. The van der Waals surface area contributed by atoms with E-state index in [1.807, 2.05) is 18.2 Å². The minimum Gasteiger partial charge on any atom is -0.414 e. The van der Waals surface area contributed by atoms with Crippen LogP contribution >= 0.6 is 15.9 Å². The van der Waals surface area contributed by atoms with Gasteiger partial charge < -0.3 is 9.74 Å². The molecule has 1 rings (SSSR count). The quantitative estimate of drug-likeness (QED) is 0.318. The summed E-state index contributed by atoms with van der Waals surface area (Å²) in [5.41, 5.74) is 1.09. The molecule has 0 bridgehead atoms. The fourth-order valence-electron chi connectivity index (χ4n) is 2.61. The van der Waals surface area contributed by atoms with Crippen molar-refractivity contribution in [2.45, 2.75) is 88.8 Å². The van der Waals surface area contributed by atoms with E-state index >= 15 is 0 Å². The maximum absolute atomic E-state index is 13.1. The minimum absolute atomic E-state index is 0.0612. The van der Waals surface area contributed by atoms with Crippen LogP contribution in [0.15, 0.2) is 30.3 Å². The van der Waals surface area contributed by atoms with Gasteiger partial charge in [0.2, 0.25) is 5.91 Å². The van der Waals surface area contributed by atoms with Crippen LogP contribution < -0.4 is 5.32 Å². The van der Waals surface area contributed by atoms with E-state index in [1.54, 1.807) is 0 Å². The van der Waals surface area contributed by atoms with Gasteiger partial charge in [0, 0.05) is 0 Å². The Morgan fingerprint density at radius 1 is 1.19 bits per heavy atom. The molecule has 0 aromatic heterocycles. The Hall–Kier alpha value is -0.653. The highest BCUT2D eigenvalue weighted by atomic mass is 79.9. The molecular weight excluding hydrogens is 418 g/mol. The molecule has 5 heteroatoms. The molecule has 0 saturated heterocycles. The van der Waals surface area contributed by atoms with Crippen molar-refractivity contribution in [3.05, 3.63) is 35.9 Å². The molecule has 0 aliphatic carbocycles. The van der Waals surface area contributed by atoms with Gasteiger partial charge in [-0.15, -0.1) is 0 Å². The number of hydrogen-bond acceptors (Lipinski definition) is 2. The zero-order valence-corrected chi connectivity index (χ0v) is 20.8. The highest BCUT2D eigenvalue weighted by molar-refractivity contribution is 9.10. The molecule has 0 aliphatic heterocycles. The van der Waals surface area contributed by atoms with E-state index in [4.69, 9.17) is 4.43 Å². The number of halogens is 1. The predicted octanol–water partition coefficient (Wildman–Crippen LogP) is 6.60. The van der Waals surface area contributed by atoms with Gasteiger partial charge in [0.05, 0.1) is 12.6 Å². The second-order valence-electron chi connectivity index (χ2n) is 8.93. The molecule has 154 valence electrons. The second kappa shape index (κ2) is 10.2. The number of rotatable bonds is 10. The van der Waals surface area contributed by atoms with Crippen LogP contribution in [-0.2, 0) is 9.22 Å². The topological polar surface area (TPSA) is 38.3 Å². The maximum Gasteiger partial charge on any atom is 0.237 e. The highest BCUT2D eigenvalue weighted by Gasteiger charge is 2.39. The van der Waals surface area contributed by atoms with E-state index in [2.05, 4.69) is 81.1 Å². The number of amides is 1. The normalized spacial score (nSPS) is 15.9. The van der Waals surface area contributed by atoms with E-state index in [-0.39, 0.29) is 17.0 Å². The fraction of sp³-hybridized carbons (Fsp3) is 0.682. The Morgan fingerprint density at radius 3 is 2.26 bits per heavy atom. The van der Waals surface area contributed by atoms with E-state index in [1.165, 1.54) is 0 Å². The standard InChI is InChI=1S/C22H38BrNO2Si/c1-8-10-16-22(23,9-2)20(25)24-19(18-14-12-11-13-15-18)17-26-27(6,7)21(3,4)5/h11-15,19H,8-10,16-17H2,1-7H3,(H,24,25)/t19-,22-/m0/s1. The second-order valence-corrected chi connectivity index (χ2v) is 15.3. The van der Waals surface area contributed by atoms with Crippen LogP contribution in [0.4, 0.5) is 0 Å². The Bertz CT molecular complexity index is 586. The van der Waals surface area contributed by atoms with Gasteiger partial charge in [-0.3, -0.25) is 4.79 Å². The Kier molecular flexibility index (Phi) is 9.23. The van der Waals surface area contributed by atoms with Crippen molar-refractivity contribution >= 4 is 30.2 Å². The summed E-state index contributed by atoms with van der Waals surface area (Å²) in [7, 11) is -1.89. The van der Waals surface area contributed by atoms with Gasteiger partial charge in [0.15, 0.2) is 8.32 Å². The lowest BCUT2D eigenvalue weighted by molar-refractivity contribution is -0.124. The third-order valence-electron chi connectivity index (χ3n) is 5.82. The van der Waals surface area contributed by atoms with E-state index in [9.17, 15) is 4.79 Å². The van der Waals surface area contributed by atoms with Crippen molar-refractivity contribution in [2.24, 2.45) is 0 Å². The molecule has 2 atom stereocenters. The lowest BCUT2D eigenvalue weighted by atomic mass is 9.97. The lowest BCUT2D eigenvalue weighted by Crippen LogP contribution is -2.47. The molecule has 0 radical (unpaired) electrons. The predicted molar refractivity (Wildman–Crippen MR) is 122 cm³/mol. The van der Waals surface area contributed by atoms with Crippen molar-refractivity contribution in [2.75, 3.05) is 6.61 Å². The van der Waals surface area contributed by atoms with Gasteiger partial charge >= 0.3 is 0 Å². The number of hydrogen-bond donors (Lipinski definition) is 1. The monoisotopic (exact) mass is 455 g/mol. The molecule has 0 heterocycles. The molecule has 0 spiro atoms. The third-order valence-corrected chi connectivity index (χ3v) is 11.6. The molecule has 1 aromatic carbocycles. The number of unbranched alkanes of at least 4 members (excludes halogenated alkanes) is 1. The molecule has 0 aliphatic rings. The highest BCUT2D eigenvalue weighted by Crippen LogP contribution is 2.37. The average molecular weight is 457 g/mol. The Labute approximate surface area is 175 Å². The largest absolute Gasteiger partial charge is 0.414 e. The number of alkyl halides is 1. The van der Waals surface area contributed by atoms with E-state index < -0.39 is 12.6 Å². The van der Waals surface area contributed by atoms with Crippen LogP contribution in [0.1, 0.15) is 71.9 Å². The first kappa shape index (κ1) is 24.4. The molecule has 0 fully saturated rings. The number of carbonyl (C=O) groups is 1. The zero-order chi connectivity index (χ0) is 20.7. The molecule has 1 amide bonds. The maximum atomic E-state index is 13.1. The SMILES string of the molecule is CCCC[C@@](Br)(CC)C(=O)N[C@@H](CO[Si](C)(C)C(C)(C)C)c1ccccc1. The Morgan fingerprint density at radius 2 is 1.78 bits per heavy atom. The summed E-state index contributed by atoms with van der Waals surface area (Å²) in [6.45, 7) is 15.9. The van der Waals surface area contributed by atoms with Gasteiger partial charge in [0.1, 0.15) is 4.32 Å². The molecule has 27 heavy (non-hydrogen) atoms. The first-order chi connectivity index (χ1) is 12.5.